The van der Waals surface area contributed by atoms with Gasteiger partial charge in [0, 0.05) is 28.2 Å². The monoisotopic (exact) mass is 477 g/mol. The van der Waals surface area contributed by atoms with Gasteiger partial charge in [-0.1, -0.05) is 35.9 Å². The maximum atomic E-state index is 12.9. The zero-order chi connectivity index (χ0) is 24.5. The lowest BCUT2D eigenvalue weighted by molar-refractivity contribution is -0.384. The number of rotatable bonds is 7. The summed E-state index contributed by atoms with van der Waals surface area (Å²) in [6, 6.07) is 16.7. The molecule has 174 valence electrons. The van der Waals surface area contributed by atoms with Gasteiger partial charge in [-0.25, -0.2) is 8.42 Å². The van der Waals surface area contributed by atoms with Crippen LogP contribution in [-0.4, -0.2) is 24.5 Å². The van der Waals surface area contributed by atoms with Crippen LogP contribution >= 0.6 is 0 Å². The number of nitrogens with zero attached hydrogens (tertiary/aromatic N) is 2. The van der Waals surface area contributed by atoms with E-state index >= 15 is 0 Å². The van der Waals surface area contributed by atoms with Crippen LogP contribution in [0.25, 0.3) is 10.9 Å². The first-order valence-corrected chi connectivity index (χ1v) is 11.9. The lowest BCUT2D eigenvalue weighted by Crippen LogP contribution is -2.14. The van der Waals surface area contributed by atoms with E-state index in [2.05, 4.69) is 20.2 Å². The highest BCUT2D eigenvalue weighted by molar-refractivity contribution is 7.92. The van der Waals surface area contributed by atoms with Crippen LogP contribution in [-0.2, 0) is 10.0 Å². The first-order valence-electron chi connectivity index (χ1n) is 10.4. The van der Waals surface area contributed by atoms with Gasteiger partial charge < -0.3 is 4.98 Å². The Hall–Kier alpha value is -4.18. The Morgan fingerprint density at radius 3 is 2.47 bits per heavy atom. The summed E-state index contributed by atoms with van der Waals surface area (Å²) < 4.78 is 28.2. The predicted molar refractivity (Wildman–Crippen MR) is 134 cm³/mol. The highest BCUT2D eigenvalue weighted by atomic mass is 32.2. The molecule has 0 spiro atoms. The summed E-state index contributed by atoms with van der Waals surface area (Å²) in [5.41, 5.74) is 7.20. The number of benzene rings is 3. The van der Waals surface area contributed by atoms with Crippen molar-refractivity contribution in [3.05, 3.63) is 93.2 Å². The van der Waals surface area contributed by atoms with Gasteiger partial charge in [0.05, 0.1) is 21.7 Å². The lowest BCUT2D eigenvalue weighted by atomic mass is 10.1. The Bertz CT molecular complexity index is 1540. The van der Waals surface area contributed by atoms with E-state index in [9.17, 15) is 18.5 Å². The molecule has 0 saturated carbocycles. The van der Waals surface area contributed by atoms with E-state index in [1.807, 2.05) is 44.2 Å². The molecule has 0 atom stereocenters. The molecule has 1 heterocycles. The van der Waals surface area contributed by atoms with Crippen LogP contribution in [0.3, 0.4) is 0 Å². The molecule has 0 bridgehead atoms. The number of sulfonamides is 1. The third-order valence-electron chi connectivity index (χ3n) is 5.42. The van der Waals surface area contributed by atoms with E-state index in [0.717, 1.165) is 39.4 Å². The number of aromatic nitrogens is 1. The zero-order valence-electron chi connectivity index (χ0n) is 18.8. The summed E-state index contributed by atoms with van der Waals surface area (Å²) in [5.74, 6) is 0. The van der Waals surface area contributed by atoms with E-state index in [0.29, 0.717) is 5.69 Å². The van der Waals surface area contributed by atoms with Gasteiger partial charge in [-0.15, -0.1) is 0 Å². The number of fused-ring (bicyclic) bond motifs is 1. The third kappa shape index (κ3) is 4.62. The van der Waals surface area contributed by atoms with E-state index in [-0.39, 0.29) is 10.6 Å². The van der Waals surface area contributed by atoms with Gasteiger partial charge in [0.1, 0.15) is 5.69 Å². The highest BCUT2D eigenvalue weighted by Gasteiger charge is 2.22. The van der Waals surface area contributed by atoms with Gasteiger partial charge in [0.2, 0.25) is 0 Å². The van der Waals surface area contributed by atoms with Crippen molar-refractivity contribution in [3.8, 4) is 0 Å². The summed E-state index contributed by atoms with van der Waals surface area (Å²) in [6.45, 7) is 5.60. The number of H-pyrrole nitrogens is 1. The number of para-hydroxylation sites is 1. The molecule has 10 heteroatoms. The van der Waals surface area contributed by atoms with Crippen molar-refractivity contribution in [3.63, 3.8) is 0 Å². The average Bonchev–Trinajstić information content (AvgIpc) is 3.10. The minimum Gasteiger partial charge on any atom is -0.358 e. The summed E-state index contributed by atoms with van der Waals surface area (Å²) in [6.07, 6.45) is 1.57. The average molecular weight is 478 g/mol. The molecule has 0 aliphatic heterocycles. The topological polar surface area (TPSA) is 129 Å². The first-order chi connectivity index (χ1) is 16.2. The van der Waals surface area contributed by atoms with E-state index in [1.54, 1.807) is 25.3 Å². The fourth-order valence-corrected chi connectivity index (χ4v) is 4.84. The molecule has 3 N–H and O–H groups in total. The molecule has 0 fully saturated rings. The van der Waals surface area contributed by atoms with E-state index in [4.69, 9.17) is 0 Å². The van der Waals surface area contributed by atoms with Gasteiger partial charge in [0.15, 0.2) is 0 Å². The number of aromatic amines is 1. The number of anilines is 2. The van der Waals surface area contributed by atoms with Crippen molar-refractivity contribution in [2.24, 2.45) is 5.10 Å². The highest BCUT2D eigenvalue weighted by Crippen LogP contribution is 2.29. The van der Waals surface area contributed by atoms with Crippen molar-refractivity contribution >= 4 is 44.2 Å². The fourth-order valence-electron chi connectivity index (χ4n) is 3.69. The fraction of sp³-hybridized carbons (Fsp3) is 0.125. The Kier molecular flexibility index (Phi) is 6.08. The minimum atomic E-state index is -4.03. The Morgan fingerprint density at radius 2 is 1.74 bits per heavy atom. The van der Waals surface area contributed by atoms with Crippen LogP contribution in [0.15, 0.2) is 70.7 Å². The standard InChI is InChI=1S/C24H23N5O4S/c1-15-8-10-21(16(2)12-15)28-34(32,33)18-9-11-23(24(13-18)29(30)31)27-25-14-20-17(3)26-22-7-5-4-6-19(20)22/h4-14,26-28H,1-3H3. The molecule has 4 aromatic rings. The van der Waals surface area contributed by atoms with Crippen molar-refractivity contribution in [2.75, 3.05) is 10.1 Å². The number of hydrogen-bond acceptors (Lipinski definition) is 6. The van der Waals surface area contributed by atoms with Crippen molar-refractivity contribution in [1.82, 2.24) is 4.98 Å². The maximum Gasteiger partial charge on any atom is 0.295 e. The number of hydrogen-bond donors (Lipinski definition) is 3. The first kappa shape index (κ1) is 23.0. The Morgan fingerprint density at radius 1 is 1.00 bits per heavy atom. The van der Waals surface area contributed by atoms with Crippen LogP contribution in [0.1, 0.15) is 22.4 Å². The summed E-state index contributed by atoms with van der Waals surface area (Å²) >= 11 is 0. The van der Waals surface area contributed by atoms with Crippen LogP contribution in [0.5, 0.6) is 0 Å². The van der Waals surface area contributed by atoms with Crippen molar-refractivity contribution in [2.45, 2.75) is 25.7 Å². The number of nitro groups is 1. The maximum absolute atomic E-state index is 12.9. The number of aryl methyl sites for hydroxylation is 3. The Balaban J connectivity index is 1.61. The van der Waals surface area contributed by atoms with Crippen LogP contribution in [0.2, 0.25) is 0 Å². The smallest absolute Gasteiger partial charge is 0.295 e. The molecule has 0 saturated heterocycles. The SMILES string of the molecule is Cc1ccc(NS(=O)(=O)c2ccc(NN=Cc3c(C)[nH]c4ccccc34)c([N+](=O)[O-])c2)c(C)c1. The Labute approximate surface area is 196 Å². The summed E-state index contributed by atoms with van der Waals surface area (Å²) in [4.78, 5) is 14.1. The normalized spacial score (nSPS) is 11.7. The molecule has 34 heavy (non-hydrogen) atoms. The quantitative estimate of drug-likeness (QED) is 0.190. The van der Waals surface area contributed by atoms with Gasteiger partial charge >= 0.3 is 0 Å². The molecule has 0 amide bonds. The minimum absolute atomic E-state index is 0.0733. The molecule has 0 aliphatic rings. The van der Waals surface area contributed by atoms with Crippen LogP contribution in [0, 0.1) is 30.9 Å². The lowest BCUT2D eigenvalue weighted by Gasteiger charge is -2.12. The van der Waals surface area contributed by atoms with Gasteiger partial charge in [-0.05, 0) is 50.6 Å². The molecule has 0 aliphatic carbocycles. The molecular weight excluding hydrogens is 454 g/mol. The molecule has 9 nitrogen and oxygen atoms in total. The van der Waals surface area contributed by atoms with Crippen LogP contribution in [0.4, 0.5) is 17.1 Å². The van der Waals surface area contributed by atoms with Crippen molar-refractivity contribution in [1.29, 1.82) is 0 Å². The van der Waals surface area contributed by atoms with Crippen LogP contribution < -0.4 is 10.1 Å². The van der Waals surface area contributed by atoms with Gasteiger partial charge in [-0.3, -0.25) is 20.3 Å². The molecular formula is C24H23N5O4S. The second-order valence-electron chi connectivity index (χ2n) is 7.94. The van der Waals surface area contributed by atoms with E-state index in [1.165, 1.54) is 12.1 Å². The van der Waals surface area contributed by atoms with Gasteiger partial charge in [0.25, 0.3) is 15.7 Å². The molecule has 3 aromatic carbocycles. The summed E-state index contributed by atoms with van der Waals surface area (Å²) in [5, 5.41) is 16.8. The second-order valence-corrected chi connectivity index (χ2v) is 9.62. The number of nitrogens with one attached hydrogen (secondary N) is 3. The number of nitro benzene ring substituents is 1. The van der Waals surface area contributed by atoms with Crippen molar-refractivity contribution < 1.29 is 13.3 Å². The third-order valence-corrected chi connectivity index (χ3v) is 6.79. The summed E-state index contributed by atoms with van der Waals surface area (Å²) in [7, 11) is -4.03. The number of hydrazone groups is 1. The largest absolute Gasteiger partial charge is 0.358 e. The second kappa shape index (κ2) is 8.99. The molecule has 4 rings (SSSR count). The van der Waals surface area contributed by atoms with E-state index < -0.39 is 20.6 Å². The predicted octanol–water partition coefficient (Wildman–Crippen LogP) is 5.25. The zero-order valence-corrected chi connectivity index (χ0v) is 19.6. The molecule has 0 unspecified atom stereocenters. The van der Waals surface area contributed by atoms with Gasteiger partial charge in [-0.2, -0.15) is 5.10 Å². The molecule has 0 radical (unpaired) electrons. The molecule has 1 aromatic heterocycles.